The van der Waals surface area contributed by atoms with Crippen LogP contribution in [-0.4, -0.2) is 9.55 Å². The number of ether oxygens (including phenoxy) is 1. The first-order valence-electron chi connectivity index (χ1n) is 6.37. The average molecular weight is 283 g/mol. The van der Waals surface area contributed by atoms with Gasteiger partial charge in [0.05, 0.1) is 28.9 Å². The molecule has 0 amide bonds. The molecule has 0 N–H and O–H groups in total. The Labute approximate surface area is 121 Å². The van der Waals surface area contributed by atoms with Crippen LogP contribution in [0.4, 0.5) is 0 Å². The van der Waals surface area contributed by atoms with Crippen LogP contribution in [0.5, 0.6) is 5.75 Å². The van der Waals surface area contributed by atoms with Crippen LogP contribution in [0.15, 0.2) is 61.1 Å². The van der Waals surface area contributed by atoms with E-state index in [1.807, 2.05) is 48.9 Å². The predicted molar refractivity (Wildman–Crippen MR) is 77.5 cm³/mol. The predicted octanol–water partition coefficient (Wildman–Crippen LogP) is 4.01. The quantitative estimate of drug-likeness (QED) is 0.710. The average Bonchev–Trinajstić information content (AvgIpc) is 3.04. The zero-order chi connectivity index (χ0) is 13.5. The van der Waals surface area contributed by atoms with Crippen LogP contribution >= 0.6 is 11.6 Å². The molecule has 1 aliphatic heterocycles. The minimum Gasteiger partial charge on any atom is -0.478 e. The van der Waals surface area contributed by atoms with E-state index in [1.165, 1.54) is 0 Å². The number of benzene rings is 2. The first kappa shape index (κ1) is 11.6. The summed E-state index contributed by atoms with van der Waals surface area (Å²) < 4.78 is 8.18. The van der Waals surface area contributed by atoms with E-state index >= 15 is 0 Å². The van der Waals surface area contributed by atoms with Gasteiger partial charge in [0.15, 0.2) is 6.10 Å². The van der Waals surface area contributed by atoms with Crippen LogP contribution in [0.25, 0.3) is 5.69 Å². The van der Waals surface area contributed by atoms with Gasteiger partial charge in [0.25, 0.3) is 0 Å². The van der Waals surface area contributed by atoms with Gasteiger partial charge in [-0.3, -0.25) is 4.57 Å². The number of aromatic nitrogens is 2. The molecular weight excluding hydrogens is 272 g/mol. The van der Waals surface area contributed by atoms with E-state index in [-0.39, 0.29) is 6.10 Å². The second-order valence-electron chi connectivity index (χ2n) is 4.68. The third-order valence-electron chi connectivity index (χ3n) is 3.50. The number of para-hydroxylation sites is 2. The molecule has 1 atom stereocenters. The molecule has 0 fully saturated rings. The Morgan fingerprint density at radius 3 is 2.75 bits per heavy atom. The summed E-state index contributed by atoms with van der Waals surface area (Å²) in [6.07, 6.45) is 3.47. The summed E-state index contributed by atoms with van der Waals surface area (Å²) >= 11 is 6.18. The van der Waals surface area contributed by atoms with Gasteiger partial charge >= 0.3 is 0 Å². The van der Waals surface area contributed by atoms with Gasteiger partial charge in [-0.05, 0) is 18.2 Å². The number of nitrogens with zero attached hydrogens (tertiary/aromatic N) is 2. The number of imidazole rings is 1. The normalized spacial score (nSPS) is 15.8. The molecule has 4 heteroatoms. The first-order chi connectivity index (χ1) is 9.84. The van der Waals surface area contributed by atoms with Gasteiger partial charge in [0, 0.05) is 5.56 Å². The smallest absolute Gasteiger partial charge is 0.168 e. The Bertz CT molecular complexity index is 781. The maximum absolute atomic E-state index is 6.18. The number of hydrogen-bond donors (Lipinski definition) is 0. The van der Waals surface area contributed by atoms with Crippen molar-refractivity contribution in [3.05, 3.63) is 77.3 Å². The highest BCUT2D eigenvalue weighted by molar-refractivity contribution is 6.32. The number of rotatable bonds is 2. The first-order valence-corrected chi connectivity index (χ1v) is 6.75. The van der Waals surface area contributed by atoms with Gasteiger partial charge in [0.1, 0.15) is 5.75 Å². The molecule has 20 heavy (non-hydrogen) atoms. The summed E-state index contributed by atoms with van der Waals surface area (Å²) in [6, 6.07) is 15.7. The Kier molecular flexibility index (Phi) is 2.54. The second kappa shape index (κ2) is 4.39. The van der Waals surface area contributed by atoms with Crippen LogP contribution in [0, 0.1) is 0 Å². The van der Waals surface area contributed by atoms with Gasteiger partial charge < -0.3 is 4.74 Å². The van der Waals surface area contributed by atoms with Gasteiger partial charge in [0.2, 0.25) is 0 Å². The minimum atomic E-state index is -0.173. The Morgan fingerprint density at radius 2 is 1.85 bits per heavy atom. The summed E-state index contributed by atoms with van der Waals surface area (Å²) in [5.74, 6) is 0.684. The van der Waals surface area contributed by atoms with E-state index < -0.39 is 0 Å². The summed E-state index contributed by atoms with van der Waals surface area (Å²) in [5.41, 5.74) is 3.26. The van der Waals surface area contributed by atoms with Crippen molar-refractivity contribution in [3.8, 4) is 11.4 Å². The lowest BCUT2D eigenvalue weighted by Crippen LogP contribution is -2.06. The third kappa shape index (κ3) is 1.63. The lowest BCUT2D eigenvalue weighted by atomic mass is 10.1. The topological polar surface area (TPSA) is 27.1 Å². The SMILES string of the molecule is Clc1ccccc1OC1c2ccccc2-n2cncc21. The van der Waals surface area contributed by atoms with Crippen LogP contribution in [0.3, 0.4) is 0 Å². The number of hydrogen-bond acceptors (Lipinski definition) is 2. The van der Waals surface area contributed by atoms with Crippen molar-refractivity contribution in [2.75, 3.05) is 0 Å². The number of fused-ring (bicyclic) bond motifs is 3. The van der Waals surface area contributed by atoms with Crippen molar-refractivity contribution in [1.82, 2.24) is 9.55 Å². The highest BCUT2D eigenvalue weighted by atomic mass is 35.5. The summed E-state index contributed by atoms with van der Waals surface area (Å²) in [4.78, 5) is 4.21. The molecule has 0 saturated heterocycles. The molecule has 0 aliphatic carbocycles. The molecule has 1 aliphatic rings. The standard InChI is InChI=1S/C16H11ClN2O/c17-12-6-2-4-8-15(12)20-16-11-5-1-3-7-13(11)19-10-18-9-14(16)19/h1-10,16H. The summed E-state index contributed by atoms with van der Waals surface area (Å²) in [7, 11) is 0. The van der Waals surface area contributed by atoms with E-state index in [4.69, 9.17) is 16.3 Å². The zero-order valence-electron chi connectivity index (χ0n) is 10.5. The molecule has 98 valence electrons. The molecule has 0 radical (unpaired) electrons. The molecule has 2 aromatic carbocycles. The summed E-state index contributed by atoms with van der Waals surface area (Å²) in [6.45, 7) is 0. The van der Waals surface area contributed by atoms with Gasteiger partial charge in [-0.1, -0.05) is 41.9 Å². The third-order valence-corrected chi connectivity index (χ3v) is 3.81. The number of halogens is 1. The molecule has 1 aromatic heterocycles. The van der Waals surface area contributed by atoms with Crippen molar-refractivity contribution in [2.24, 2.45) is 0 Å². The van der Waals surface area contributed by atoms with E-state index in [9.17, 15) is 0 Å². The summed E-state index contributed by atoms with van der Waals surface area (Å²) in [5, 5.41) is 0.614. The minimum absolute atomic E-state index is 0.173. The van der Waals surface area contributed by atoms with Crippen molar-refractivity contribution in [3.63, 3.8) is 0 Å². The molecular formula is C16H11ClN2O. The molecule has 3 nitrogen and oxygen atoms in total. The van der Waals surface area contributed by atoms with Crippen molar-refractivity contribution >= 4 is 11.6 Å². The van der Waals surface area contributed by atoms with Crippen LogP contribution in [0.1, 0.15) is 17.4 Å². The molecule has 0 spiro atoms. The lowest BCUT2D eigenvalue weighted by molar-refractivity contribution is 0.248. The van der Waals surface area contributed by atoms with Crippen LogP contribution < -0.4 is 4.74 Å². The zero-order valence-corrected chi connectivity index (χ0v) is 11.3. The van der Waals surface area contributed by atoms with Crippen LogP contribution in [0.2, 0.25) is 5.02 Å². The van der Waals surface area contributed by atoms with E-state index in [0.717, 1.165) is 16.9 Å². The lowest BCUT2D eigenvalue weighted by Gasteiger charge is -2.15. The highest BCUT2D eigenvalue weighted by Gasteiger charge is 2.30. The van der Waals surface area contributed by atoms with E-state index in [1.54, 1.807) is 0 Å². The fourth-order valence-electron chi connectivity index (χ4n) is 2.58. The fourth-order valence-corrected chi connectivity index (χ4v) is 2.76. The molecule has 4 rings (SSSR count). The van der Waals surface area contributed by atoms with E-state index in [2.05, 4.69) is 21.7 Å². The van der Waals surface area contributed by atoms with Gasteiger partial charge in [-0.25, -0.2) is 4.98 Å². The van der Waals surface area contributed by atoms with Crippen LogP contribution in [-0.2, 0) is 0 Å². The molecule has 0 bridgehead atoms. The molecule has 2 heterocycles. The van der Waals surface area contributed by atoms with Crippen molar-refractivity contribution in [1.29, 1.82) is 0 Å². The maximum atomic E-state index is 6.18. The molecule has 3 aromatic rings. The Morgan fingerprint density at radius 1 is 1.05 bits per heavy atom. The van der Waals surface area contributed by atoms with Crippen molar-refractivity contribution < 1.29 is 4.74 Å². The second-order valence-corrected chi connectivity index (χ2v) is 5.08. The fraction of sp³-hybridized carbons (Fsp3) is 0.0625. The van der Waals surface area contributed by atoms with Gasteiger partial charge in [-0.15, -0.1) is 0 Å². The largest absolute Gasteiger partial charge is 0.478 e. The monoisotopic (exact) mass is 282 g/mol. The maximum Gasteiger partial charge on any atom is 0.168 e. The van der Waals surface area contributed by atoms with Crippen molar-refractivity contribution in [2.45, 2.75) is 6.10 Å². The molecule has 0 saturated carbocycles. The van der Waals surface area contributed by atoms with E-state index in [0.29, 0.717) is 10.8 Å². The Hall–Kier alpha value is -2.26. The Balaban J connectivity index is 1.81. The van der Waals surface area contributed by atoms with Gasteiger partial charge in [-0.2, -0.15) is 0 Å². The molecule has 1 unspecified atom stereocenters. The highest BCUT2D eigenvalue weighted by Crippen LogP contribution is 2.40.